The molecule has 26 heavy (non-hydrogen) atoms. The Morgan fingerprint density at radius 2 is 1.92 bits per heavy atom. The van der Waals surface area contributed by atoms with Crippen molar-refractivity contribution in [3.63, 3.8) is 0 Å². The van der Waals surface area contributed by atoms with E-state index in [9.17, 15) is 9.59 Å². The van der Waals surface area contributed by atoms with Gasteiger partial charge in [0.15, 0.2) is 0 Å². The van der Waals surface area contributed by atoms with Crippen LogP contribution in [0.1, 0.15) is 35.3 Å². The molecule has 2 aromatic carbocycles. The van der Waals surface area contributed by atoms with Gasteiger partial charge in [-0.15, -0.1) is 0 Å². The number of carbonyl (C=O) groups excluding carboxylic acids is 1. The van der Waals surface area contributed by atoms with Crippen molar-refractivity contribution in [2.45, 2.75) is 27.2 Å². The summed E-state index contributed by atoms with van der Waals surface area (Å²) in [7, 11) is 0. The number of aryl methyl sites for hydroxylation is 1. The number of anilines is 1. The summed E-state index contributed by atoms with van der Waals surface area (Å²) >= 11 is 0. The number of rotatable bonds is 5. The first-order valence-corrected chi connectivity index (χ1v) is 8.73. The Morgan fingerprint density at radius 1 is 1.15 bits per heavy atom. The van der Waals surface area contributed by atoms with Crippen LogP contribution in [0.2, 0.25) is 0 Å². The summed E-state index contributed by atoms with van der Waals surface area (Å²) in [6, 6.07) is 12.7. The van der Waals surface area contributed by atoms with Crippen molar-refractivity contribution in [3.8, 4) is 5.75 Å². The summed E-state index contributed by atoms with van der Waals surface area (Å²) in [5, 5.41) is 3.86. The molecule has 134 valence electrons. The zero-order chi connectivity index (χ0) is 18.7. The summed E-state index contributed by atoms with van der Waals surface area (Å²) in [4.78, 5) is 27.7. The van der Waals surface area contributed by atoms with E-state index in [4.69, 9.17) is 4.74 Å². The van der Waals surface area contributed by atoms with E-state index in [2.05, 4.69) is 10.3 Å². The van der Waals surface area contributed by atoms with Gasteiger partial charge in [0, 0.05) is 16.6 Å². The molecule has 0 aliphatic carbocycles. The standard InChI is InChI=1S/C21H22N2O3/c1-4-15-13(3)16-11-10-14(12-18(16)23-20(15)24)22-21(25)17-8-6-7-9-19(17)26-5-2/h6-12H,4-5H2,1-3H3,(H,22,25)(H,23,24). The highest BCUT2D eigenvalue weighted by Gasteiger charge is 2.13. The average Bonchev–Trinajstić information content (AvgIpc) is 2.62. The van der Waals surface area contributed by atoms with Crippen LogP contribution in [0.25, 0.3) is 10.9 Å². The lowest BCUT2D eigenvalue weighted by Crippen LogP contribution is -2.15. The summed E-state index contributed by atoms with van der Waals surface area (Å²) in [5.74, 6) is 0.294. The van der Waals surface area contributed by atoms with Gasteiger partial charge in [-0.2, -0.15) is 0 Å². The molecule has 1 heterocycles. The maximum absolute atomic E-state index is 12.6. The minimum absolute atomic E-state index is 0.0809. The van der Waals surface area contributed by atoms with Crippen LogP contribution in [0.4, 0.5) is 5.69 Å². The van der Waals surface area contributed by atoms with E-state index in [0.717, 1.165) is 16.5 Å². The maximum atomic E-state index is 12.6. The lowest BCUT2D eigenvalue weighted by Gasteiger charge is -2.12. The number of para-hydroxylation sites is 1. The van der Waals surface area contributed by atoms with E-state index >= 15 is 0 Å². The number of fused-ring (bicyclic) bond motifs is 1. The highest BCUT2D eigenvalue weighted by atomic mass is 16.5. The van der Waals surface area contributed by atoms with Crippen LogP contribution < -0.4 is 15.6 Å². The largest absolute Gasteiger partial charge is 0.493 e. The molecular weight excluding hydrogens is 328 g/mol. The molecule has 0 saturated heterocycles. The lowest BCUT2D eigenvalue weighted by molar-refractivity contribution is 0.102. The van der Waals surface area contributed by atoms with E-state index in [1.165, 1.54) is 0 Å². The van der Waals surface area contributed by atoms with E-state index < -0.39 is 0 Å². The van der Waals surface area contributed by atoms with E-state index in [1.807, 2.05) is 39.0 Å². The molecule has 3 rings (SSSR count). The molecule has 0 unspecified atom stereocenters. The van der Waals surface area contributed by atoms with Crippen LogP contribution >= 0.6 is 0 Å². The van der Waals surface area contributed by atoms with Crippen molar-refractivity contribution >= 4 is 22.5 Å². The Morgan fingerprint density at radius 3 is 2.65 bits per heavy atom. The lowest BCUT2D eigenvalue weighted by atomic mass is 10.0. The molecule has 0 aliphatic heterocycles. The van der Waals surface area contributed by atoms with Crippen LogP contribution in [0, 0.1) is 6.92 Å². The quantitative estimate of drug-likeness (QED) is 0.729. The molecule has 2 N–H and O–H groups in total. The number of aromatic nitrogens is 1. The van der Waals surface area contributed by atoms with Crippen molar-refractivity contribution in [2.75, 3.05) is 11.9 Å². The maximum Gasteiger partial charge on any atom is 0.259 e. The van der Waals surface area contributed by atoms with E-state index in [-0.39, 0.29) is 11.5 Å². The molecule has 5 nitrogen and oxygen atoms in total. The third kappa shape index (κ3) is 3.33. The van der Waals surface area contributed by atoms with Gasteiger partial charge in [-0.05, 0) is 50.1 Å². The first-order valence-electron chi connectivity index (χ1n) is 8.73. The second-order valence-electron chi connectivity index (χ2n) is 6.05. The number of ether oxygens (including phenoxy) is 1. The molecule has 0 atom stereocenters. The van der Waals surface area contributed by atoms with Crippen LogP contribution in [-0.2, 0) is 6.42 Å². The van der Waals surface area contributed by atoms with Gasteiger partial charge in [-0.3, -0.25) is 9.59 Å². The monoisotopic (exact) mass is 350 g/mol. The van der Waals surface area contributed by atoms with Gasteiger partial charge in [-0.25, -0.2) is 0 Å². The number of hydrogen-bond donors (Lipinski definition) is 2. The van der Waals surface area contributed by atoms with Crippen molar-refractivity contribution in [1.82, 2.24) is 4.98 Å². The zero-order valence-corrected chi connectivity index (χ0v) is 15.2. The predicted octanol–water partition coefficient (Wildman–Crippen LogP) is 4.05. The van der Waals surface area contributed by atoms with Crippen LogP contribution in [0.15, 0.2) is 47.3 Å². The smallest absolute Gasteiger partial charge is 0.259 e. The fourth-order valence-electron chi connectivity index (χ4n) is 3.14. The number of amides is 1. The summed E-state index contributed by atoms with van der Waals surface area (Å²) < 4.78 is 5.51. The number of hydrogen-bond acceptors (Lipinski definition) is 3. The minimum Gasteiger partial charge on any atom is -0.493 e. The number of carbonyl (C=O) groups is 1. The van der Waals surface area contributed by atoms with Gasteiger partial charge >= 0.3 is 0 Å². The highest BCUT2D eigenvalue weighted by molar-refractivity contribution is 6.07. The van der Waals surface area contributed by atoms with Gasteiger partial charge in [0.05, 0.1) is 17.7 Å². The van der Waals surface area contributed by atoms with E-state index in [1.54, 1.807) is 24.3 Å². The van der Waals surface area contributed by atoms with Gasteiger partial charge in [-0.1, -0.05) is 25.1 Å². The Kier molecular flexibility index (Phi) is 5.07. The number of H-pyrrole nitrogens is 1. The molecule has 0 fully saturated rings. The minimum atomic E-state index is -0.252. The Hall–Kier alpha value is -3.08. The summed E-state index contributed by atoms with van der Waals surface area (Å²) in [5.41, 5.74) is 3.49. The molecule has 1 aromatic heterocycles. The molecule has 0 saturated carbocycles. The Bertz CT molecular complexity index is 1020. The Balaban J connectivity index is 1.95. The third-order valence-electron chi connectivity index (χ3n) is 4.44. The number of pyridine rings is 1. The van der Waals surface area contributed by atoms with Crippen molar-refractivity contribution < 1.29 is 9.53 Å². The number of aromatic amines is 1. The normalized spacial score (nSPS) is 10.7. The van der Waals surface area contributed by atoms with E-state index in [0.29, 0.717) is 35.5 Å². The van der Waals surface area contributed by atoms with Crippen molar-refractivity contribution in [1.29, 1.82) is 0 Å². The van der Waals surface area contributed by atoms with Gasteiger partial charge in [0.2, 0.25) is 0 Å². The topological polar surface area (TPSA) is 71.2 Å². The zero-order valence-electron chi connectivity index (χ0n) is 15.2. The third-order valence-corrected chi connectivity index (χ3v) is 4.44. The number of nitrogens with one attached hydrogen (secondary N) is 2. The molecule has 0 spiro atoms. The fourth-order valence-corrected chi connectivity index (χ4v) is 3.14. The predicted molar refractivity (Wildman–Crippen MR) is 104 cm³/mol. The van der Waals surface area contributed by atoms with Crippen LogP contribution in [-0.4, -0.2) is 17.5 Å². The molecule has 3 aromatic rings. The molecule has 5 heteroatoms. The van der Waals surface area contributed by atoms with Gasteiger partial charge in [0.1, 0.15) is 5.75 Å². The molecule has 0 aliphatic rings. The van der Waals surface area contributed by atoms with Crippen LogP contribution in [0.5, 0.6) is 5.75 Å². The molecular formula is C21H22N2O3. The number of benzene rings is 2. The first kappa shape index (κ1) is 17.7. The Labute approximate surface area is 152 Å². The van der Waals surface area contributed by atoms with Gasteiger partial charge in [0.25, 0.3) is 11.5 Å². The second-order valence-corrected chi connectivity index (χ2v) is 6.05. The van der Waals surface area contributed by atoms with Crippen molar-refractivity contribution in [3.05, 3.63) is 69.5 Å². The summed E-state index contributed by atoms with van der Waals surface area (Å²) in [6.45, 7) is 6.28. The molecule has 0 bridgehead atoms. The second kappa shape index (κ2) is 7.44. The SMILES string of the molecule is CCOc1ccccc1C(=O)Nc1ccc2c(C)c(CC)c(=O)[nH]c2c1. The molecule has 1 amide bonds. The van der Waals surface area contributed by atoms with Crippen molar-refractivity contribution in [2.24, 2.45) is 0 Å². The summed E-state index contributed by atoms with van der Waals surface area (Å²) in [6.07, 6.45) is 0.684. The first-order chi connectivity index (χ1) is 12.5. The average molecular weight is 350 g/mol. The highest BCUT2D eigenvalue weighted by Crippen LogP contribution is 2.23. The van der Waals surface area contributed by atoms with Crippen LogP contribution in [0.3, 0.4) is 0 Å². The molecule has 0 radical (unpaired) electrons. The van der Waals surface area contributed by atoms with Gasteiger partial charge < -0.3 is 15.0 Å². The fraction of sp³-hybridized carbons (Fsp3) is 0.238.